The first-order chi connectivity index (χ1) is 12.2. The van der Waals surface area contributed by atoms with Crippen molar-refractivity contribution in [3.05, 3.63) is 108 Å². The van der Waals surface area contributed by atoms with Crippen LogP contribution >= 0.6 is 0 Å². The summed E-state index contributed by atoms with van der Waals surface area (Å²) in [6.07, 6.45) is 0. The molecule has 0 spiro atoms. The van der Waals surface area contributed by atoms with Crippen molar-refractivity contribution in [3.8, 4) is 0 Å². The average molecular weight is 329 g/mol. The topological polar surface area (TPSA) is 23.2 Å². The second-order valence-corrected chi connectivity index (χ2v) is 6.80. The molecule has 3 atom stereocenters. The van der Waals surface area contributed by atoms with Gasteiger partial charge in [0.1, 0.15) is 5.60 Å². The van der Waals surface area contributed by atoms with Gasteiger partial charge in [-0.1, -0.05) is 91.0 Å². The molecule has 3 aromatic carbocycles. The van der Waals surface area contributed by atoms with E-state index < -0.39 is 5.60 Å². The van der Waals surface area contributed by atoms with Crippen LogP contribution in [0.3, 0.4) is 0 Å². The highest BCUT2D eigenvalue weighted by atomic mass is 16.3. The Morgan fingerprint density at radius 3 is 1.72 bits per heavy atom. The maximum Gasteiger partial charge on any atom is 0.131 e. The maximum absolute atomic E-state index is 11.8. The molecular weight excluding hydrogens is 306 g/mol. The molecule has 0 bridgehead atoms. The number of hydrogen-bond acceptors (Lipinski definition) is 2. The summed E-state index contributed by atoms with van der Waals surface area (Å²) >= 11 is 0. The Morgan fingerprint density at radius 1 is 0.800 bits per heavy atom. The molecule has 0 amide bonds. The monoisotopic (exact) mass is 329 g/mol. The summed E-state index contributed by atoms with van der Waals surface area (Å²) < 4.78 is 0. The van der Waals surface area contributed by atoms with Crippen molar-refractivity contribution in [2.45, 2.75) is 24.6 Å². The summed E-state index contributed by atoms with van der Waals surface area (Å²) in [7, 11) is 0. The van der Waals surface area contributed by atoms with Crippen LogP contribution in [0.1, 0.15) is 29.7 Å². The molecule has 0 aromatic heterocycles. The molecule has 2 nitrogen and oxygen atoms in total. The van der Waals surface area contributed by atoms with E-state index in [2.05, 4.69) is 36.1 Å². The van der Waals surface area contributed by atoms with Gasteiger partial charge in [-0.2, -0.15) is 0 Å². The highest BCUT2D eigenvalue weighted by Crippen LogP contribution is 2.46. The van der Waals surface area contributed by atoms with Gasteiger partial charge in [-0.3, -0.25) is 4.90 Å². The summed E-state index contributed by atoms with van der Waals surface area (Å²) in [6, 6.07) is 30.9. The molecule has 1 aliphatic heterocycles. The fourth-order valence-corrected chi connectivity index (χ4v) is 3.81. The third-order valence-electron chi connectivity index (χ3n) is 5.34. The number of nitrogens with zero attached hydrogens (tertiary/aromatic N) is 1. The largest absolute Gasteiger partial charge is 0.379 e. The van der Waals surface area contributed by atoms with Gasteiger partial charge in [-0.05, 0) is 23.6 Å². The molecule has 1 heterocycles. The Hall–Kier alpha value is -2.42. The number of rotatable bonds is 5. The Morgan fingerprint density at radius 2 is 1.24 bits per heavy atom. The van der Waals surface area contributed by atoms with Crippen LogP contribution in [0.2, 0.25) is 0 Å². The summed E-state index contributed by atoms with van der Waals surface area (Å²) in [5, 5.41) is 11.8. The number of aliphatic hydroxyl groups is 1. The van der Waals surface area contributed by atoms with Gasteiger partial charge in [0.2, 0.25) is 0 Å². The van der Waals surface area contributed by atoms with Crippen molar-refractivity contribution in [2.24, 2.45) is 0 Å². The van der Waals surface area contributed by atoms with E-state index in [1.54, 1.807) is 0 Å². The minimum absolute atomic E-state index is 0.0764. The van der Waals surface area contributed by atoms with Crippen LogP contribution < -0.4 is 0 Å². The van der Waals surface area contributed by atoms with Crippen LogP contribution in [0.25, 0.3) is 0 Å². The van der Waals surface area contributed by atoms with Crippen LogP contribution in [0, 0.1) is 0 Å². The van der Waals surface area contributed by atoms with Crippen LogP contribution in [-0.2, 0) is 5.60 Å². The van der Waals surface area contributed by atoms with Gasteiger partial charge in [-0.25, -0.2) is 0 Å². The zero-order valence-corrected chi connectivity index (χ0v) is 14.4. The molecule has 3 aromatic rings. The maximum atomic E-state index is 11.8. The molecule has 4 rings (SSSR count). The summed E-state index contributed by atoms with van der Waals surface area (Å²) in [4.78, 5) is 2.37. The van der Waals surface area contributed by atoms with Gasteiger partial charge < -0.3 is 5.11 Å². The number of benzene rings is 3. The number of hydrogen-bond donors (Lipinski definition) is 1. The summed E-state index contributed by atoms with van der Waals surface area (Å²) in [5.74, 6) is 0. The Kier molecular flexibility index (Phi) is 4.16. The SMILES string of the molecule is CC(c1ccccc1)N1CC1C(O)(c1ccccc1)c1ccccc1. The second-order valence-electron chi connectivity index (χ2n) is 6.80. The third kappa shape index (κ3) is 2.88. The molecule has 0 aliphatic carbocycles. The van der Waals surface area contributed by atoms with E-state index in [9.17, 15) is 5.11 Å². The van der Waals surface area contributed by atoms with Crippen molar-refractivity contribution < 1.29 is 5.11 Å². The van der Waals surface area contributed by atoms with Crippen molar-refractivity contribution in [1.82, 2.24) is 4.90 Å². The van der Waals surface area contributed by atoms with E-state index in [-0.39, 0.29) is 12.1 Å². The zero-order valence-electron chi connectivity index (χ0n) is 14.4. The highest BCUT2D eigenvalue weighted by Gasteiger charge is 2.54. The minimum Gasteiger partial charge on any atom is -0.379 e. The van der Waals surface area contributed by atoms with E-state index in [1.165, 1.54) is 5.56 Å². The quantitative estimate of drug-likeness (QED) is 0.703. The Bertz CT molecular complexity index is 777. The fraction of sp³-hybridized carbons (Fsp3) is 0.217. The van der Waals surface area contributed by atoms with E-state index in [1.807, 2.05) is 66.7 Å². The van der Waals surface area contributed by atoms with Gasteiger partial charge >= 0.3 is 0 Å². The lowest BCUT2D eigenvalue weighted by molar-refractivity contribution is 0.0602. The second kappa shape index (κ2) is 6.47. The van der Waals surface area contributed by atoms with Gasteiger partial charge in [-0.15, -0.1) is 0 Å². The standard InChI is InChI=1S/C23H23NO/c1-18(19-11-5-2-6-12-19)24-17-22(24)23(25,20-13-7-3-8-14-20)21-15-9-4-10-16-21/h2-16,18,22,25H,17H2,1H3. The molecule has 3 unspecified atom stereocenters. The molecule has 2 heteroatoms. The van der Waals surface area contributed by atoms with Crippen LogP contribution in [-0.4, -0.2) is 22.6 Å². The van der Waals surface area contributed by atoms with E-state index in [0.29, 0.717) is 0 Å². The lowest BCUT2D eigenvalue weighted by Gasteiger charge is -2.31. The molecule has 1 saturated heterocycles. The van der Waals surface area contributed by atoms with E-state index in [4.69, 9.17) is 0 Å². The van der Waals surface area contributed by atoms with Crippen molar-refractivity contribution in [1.29, 1.82) is 0 Å². The average Bonchev–Trinajstić information content (AvgIpc) is 3.50. The highest BCUT2D eigenvalue weighted by molar-refractivity contribution is 5.41. The van der Waals surface area contributed by atoms with Crippen LogP contribution in [0.15, 0.2) is 91.0 Å². The van der Waals surface area contributed by atoms with E-state index in [0.717, 1.165) is 17.7 Å². The molecule has 25 heavy (non-hydrogen) atoms. The molecule has 1 N–H and O–H groups in total. The third-order valence-corrected chi connectivity index (χ3v) is 5.34. The molecule has 126 valence electrons. The molecule has 0 radical (unpaired) electrons. The van der Waals surface area contributed by atoms with Gasteiger partial charge in [0.25, 0.3) is 0 Å². The van der Waals surface area contributed by atoms with Gasteiger partial charge in [0.05, 0.1) is 6.04 Å². The fourth-order valence-electron chi connectivity index (χ4n) is 3.81. The minimum atomic E-state index is -0.994. The smallest absolute Gasteiger partial charge is 0.131 e. The zero-order chi connectivity index (χ0) is 17.3. The normalized spacial score (nSPS) is 20.9. The lowest BCUT2D eigenvalue weighted by atomic mass is 9.83. The van der Waals surface area contributed by atoms with Crippen molar-refractivity contribution in [2.75, 3.05) is 6.54 Å². The van der Waals surface area contributed by atoms with Gasteiger partial charge in [0, 0.05) is 12.6 Å². The molecule has 0 saturated carbocycles. The van der Waals surface area contributed by atoms with Gasteiger partial charge in [0.15, 0.2) is 0 Å². The lowest BCUT2D eigenvalue weighted by Crippen LogP contribution is -2.36. The first kappa shape index (κ1) is 16.1. The van der Waals surface area contributed by atoms with Crippen LogP contribution in [0.5, 0.6) is 0 Å². The van der Waals surface area contributed by atoms with Crippen molar-refractivity contribution in [3.63, 3.8) is 0 Å². The van der Waals surface area contributed by atoms with E-state index >= 15 is 0 Å². The summed E-state index contributed by atoms with van der Waals surface area (Å²) in [5.41, 5.74) is 2.20. The Balaban J connectivity index is 1.69. The Labute approximate surface area is 149 Å². The predicted molar refractivity (Wildman–Crippen MR) is 101 cm³/mol. The molecular formula is C23H23NO. The van der Waals surface area contributed by atoms with Crippen molar-refractivity contribution >= 4 is 0 Å². The first-order valence-corrected chi connectivity index (χ1v) is 8.85. The van der Waals surface area contributed by atoms with Crippen LogP contribution in [0.4, 0.5) is 0 Å². The molecule has 1 fully saturated rings. The summed E-state index contributed by atoms with van der Waals surface area (Å²) in [6.45, 7) is 3.10. The predicted octanol–water partition coefficient (Wildman–Crippen LogP) is 4.37. The molecule has 1 aliphatic rings. The first-order valence-electron chi connectivity index (χ1n) is 8.85.